The van der Waals surface area contributed by atoms with Gasteiger partial charge in [0.15, 0.2) is 0 Å². The third-order valence-corrected chi connectivity index (χ3v) is 4.20. The molecule has 0 spiro atoms. The van der Waals surface area contributed by atoms with Gasteiger partial charge in [-0.05, 0) is 24.8 Å². The number of aryl methyl sites for hydroxylation is 1. The Hall–Kier alpha value is -2.76. The Balaban J connectivity index is 1.91. The predicted molar refractivity (Wildman–Crippen MR) is 105 cm³/mol. The van der Waals surface area contributed by atoms with E-state index in [9.17, 15) is 9.59 Å². The molecule has 0 aliphatic carbocycles. The van der Waals surface area contributed by atoms with Crippen LogP contribution in [0.2, 0.25) is 0 Å². The second-order valence-corrected chi connectivity index (χ2v) is 7.03. The van der Waals surface area contributed by atoms with E-state index in [4.69, 9.17) is 0 Å². The van der Waals surface area contributed by atoms with Gasteiger partial charge in [-0.3, -0.25) is 14.6 Å². The molecule has 0 bridgehead atoms. The van der Waals surface area contributed by atoms with Gasteiger partial charge in [-0.1, -0.05) is 44.2 Å². The molecule has 6 nitrogen and oxygen atoms in total. The summed E-state index contributed by atoms with van der Waals surface area (Å²) in [6.07, 6.45) is 4.21. The van der Waals surface area contributed by atoms with Crippen molar-refractivity contribution in [1.82, 2.24) is 20.2 Å². The molecule has 1 aromatic carbocycles. The van der Waals surface area contributed by atoms with E-state index >= 15 is 0 Å². The summed E-state index contributed by atoms with van der Waals surface area (Å²) in [5, 5.41) is 2.90. The van der Waals surface area contributed by atoms with Gasteiger partial charge in [-0.25, -0.2) is 4.98 Å². The summed E-state index contributed by atoms with van der Waals surface area (Å²) in [6, 6.07) is 9.76. The van der Waals surface area contributed by atoms with Gasteiger partial charge in [0.05, 0.1) is 11.9 Å². The summed E-state index contributed by atoms with van der Waals surface area (Å²) in [5.41, 5.74) is 2.13. The molecule has 0 atom stereocenters. The highest BCUT2D eigenvalue weighted by atomic mass is 16.2. The van der Waals surface area contributed by atoms with Crippen molar-refractivity contribution in [3.8, 4) is 0 Å². The monoisotopic (exact) mass is 368 g/mol. The number of hydrogen-bond acceptors (Lipinski definition) is 4. The van der Waals surface area contributed by atoms with Crippen molar-refractivity contribution in [2.24, 2.45) is 5.92 Å². The van der Waals surface area contributed by atoms with Crippen LogP contribution in [0.3, 0.4) is 0 Å². The zero-order valence-corrected chi connectivity index (χ0v) is 16.3. The lowest BCUT2D eigenvalue weighted by Crippen LogP contribution is -2.36. The van der Waals surface area contributed by atoms with Crippen molar-refractivity contribution in [2.75, 3.05) is 13.1 Å². The number of amides is 2. The molecule has 0 aliphatic heterocycles. The van der Waals surface area contributed by atoms with Crippen LogP contribution in [-0.2, 0) is 11.3 Å². The number of aromatic nitrogens is 2. The number of hydrogen-bond donors (Lipinski definition) is 1. The molecular weight excluding hydrogens is 340 g/mol. The van der Waals surface area contributed by atoms with Gasteiger partial charge in [0, 0.05) is 32.3 Å². The number of carbonyl (C=O) groups is 2. The molecule has 0 saturated heterocycles. The summed E-state index contributed by atoms with van der Waals surface area (Å²) in [7, 11) is 0. The number of carbonyl (C=O) groups excluding carboxylic acids is 2. The maximum Gasteiger partial charge on any atom is 0.274 e. The van der Waals surface area contributed by atoms with Gasteiger partial charge in [0.2, 0.25) is 5.91 Å². The van der Waals surface area contributed by atoms with Crippen LogP contribution >= 0.6 is 0 Å². The van der Waals surface area contributed by atoms with Crippen molar-refractivity contribution in [1.29, 1.82) is 0 Å². The van der Waals surface area contributed by atoms with E-state index < -0.39 is 0 Å². The number of nitrogens with zero attached hydrogens (tertiary/aromatic N) is 3. The van der Waals surface area contributed by atoms with Crippen LogP contribution in [0.4, 0.5) is 0 Å². The van der Waals surface area contributed by atoms with Gasteiger partial charge in [-0.2, -0.15) is 0 Å². The van der Waals surface area contributed by atoms with E-state index in [2.05, 4.69) is 29.1 Å². The normalized spacial score (nSPS) is 10.7. The SMILES string of the molecule is Cc1cnc(C(=O)N(CCC(=O)NCc2ccccc2)CCC(C)C)cn1. The Bertz CT molecular complexity index is 730. The Morgan fingerprint density at radius 3 is 2.44 bits per heavy atom. The Morgan fingerprint density at radius 1 is 1.07 bits per heavy atom. The third-order valence-electron chi connectivity index (χ3n) is 4.20. The Kier molecular flexibility index (Phi) is 7.92. The molecule has 1 aromatic heterocycles. The highest BCUT2D eigenvalue weighted by molar-refractivity contribution is 5.92. The average molecular weight is 368 g/mol. The van der Waals surface area contributed by atoms with Crippen molar-refractivity contribution >= 4 is 11.8 Å². The second-order valence-electron chi connectivity index (χ2n) is 7.03. The lowest BCUT2D eigenvalue weighted by Gasteiger charge is -2.23. The smallest absolute Gasteiger partial charge is 0.274 e. The van der Waals surface area contributed by atoms with Crippen LogP contribution in [0.5, 0.6) is 0 Å². The minimum absolute atomic E-state index is 0.0730. The van der Waals surface area contributed by atoms with Crippen LogP contribution in [0.1, 0.15) is 48.4 Å². The van der Waals surface area contributed by atoms with Crippen LogP contribution in [0.25, 0.3) is 0 Å². The first-order chi connectivity index (χ1) is 13.0. The molecule has 1 N–H and O–H groups in total. The predicted octanol–water partition coefficient (Wildman–Crippen LogP) is 2.98. The van der Waals surface area contributed by atoms with Gasteiger partial charge < -0.3 is 10.2 Å². The zero-order valence-electron chi connectivity index (χ0n) is 16.3. The Morgan fingerprint density at radius 2 is 1.81 bits per heavy atom. The van der Waals surface area contributed by atoms with E-state index in [0.717, 1.165) is 17.7 Å². The van der Waals surface area contributed by atoms with Gasteiger partial charge in [0.25, 0.3) is 5.91 Å². The van der Waals surface area contributed by atoms with Crippen molar-refractivity contribution in [2.45, 2.75) is 40.2 Å². The van der Waals surface area contributed by atoms with E-state index in [1.165, 1.54) is 6.20 Å². The maximum absolute atomic E-state index is 12.8. The molecule has 6 heteroatoms. The minimum Gasteiger partial charge on any atom is -0.352 e. The molecule has 1 heterocycles. The third kappa shape index (κ3) is 7.17. The summed E-state index contributed by atoms with van der Waals surface area (Å²) in [4.78, 5) is 35.0. The number of nitrogens with one attached hydrogen (secondary N) is 1. The molecule has 27 heavy (non-hydrogen) atoms. The summed E-state index contributed by atoms with van der Waals surface area (Å²) in [6.45, 7) is 7.50. The van der Waals surface area contributed by atoms with Crippen LogP contribution < -0.4 is 5.32 Å². The fourth-order valence-corrected chi connectivity index (χ4v) is 2.52. The second kappa shape index (κ2) is 10.4. The maximum atomic E-state index is 12.8. The summed E-state index contributed by atoms with van der Waals surface area (Å²) < 4.78 is 0. The molecule has 144 valence electrons. The average Bonchev–Trinajstić information content (AvgIpc) is 2.67. The highest BCUT2D eigenvalue weighted by Crippen LogP contribution is 2.08. The topological polar surface area (TPSA) is 75.2 Å². The first kappa shape index (κ1) is 20.6. The van der Waals surface area contributed by atoms with Crippen LogP contribution in [-0.4, -0.2) is 39.8 Å². The first-order valence-electron chi connectivity index (χ1n) is 9.34. The van der Waals surface area contributed by atoms with E-state index in [1.807, 2.05) is 37.3 Å². The van der Waals surface area contributed by atoms with Crippen LogP contribution in [0, 0.1) is 12.8 Å². The zero-order chi connectivity index (χ0) is 19.6. The van der Waals surface area contributed by atoms with Gasteiger partial charge >= 0.3 is 0 Å². The molecule has 0 radical (unpaired) electrons. The molecular formula is C21H28N4O2. The summed E-state index contributed by atoms with van der Waals surface area (Å²) >= 11 is 0. The van der Waals surface area contributed by atoms with E-state index in [-0.39, 0.29) is 18.2 Å². The molecule has 0 aliphatic rings. The first-order valence-corrected chi connectivity index (χ1v) is 9.34. The fraction of sp³-hybridized carbons (Fsp3) is 0.429. The van der Waals surface area contributed by atoms with E-state index in [0.29, 0.717) is 31.2 Å². The Labute approximate surface area is 161 Å². The standard InChI is InChI=1S/C21H28N4O2/c1-16(2)9-11-25(21(27)19-15-22-17(3)13-23-19)12-10-20(26)24-14-18-7-5-4-6-8-18/h4-8,13,15-16H,9-12,14H2,1-3H3,(H,24,26). The van der Waals surface area contributed by atoms with Crippen LogP contribution in [0.15, 0.2) is 42.7 Å². The van der Waals surface area contributed by atoms with Crippen molar-refractivity contribution < 1.29 is 9.59 Å². The highest BCUT2D eigenvalue weighted by Gasteiger charge is 2.18. The quantitative estimate of drug-likeness (QED) is 0.738. The number of rotatable bonds is 9. The lowest BCUT2D eigenvalue weighted by atomic mass is 10.1. The molecule has 2 aromatic rings. The lowest BCUT2D eigenvalue weighted by molar-refractivity contribution is -0.121. The summed E-state index contributed by atoms with van der Waals surface area (Å²) in [5.74, 6) is 0.214. The van der Waals surface area contributed by atoms with Gasteiger partial charge in [-0.15, -0.1) is 0 Å². The van der Waals surface area contributed by atoms with E-state index in [1.54, 1.807) is 11.1 Å². The fourth-order valence-electron chi connectivity index (χ4n) is 2.52. The van der Waals surface area contributed by atoms with Crippen molar-refractivity contribution in [3.05, 3.63) is 59.7 Å². The van der Waals surface area contributed by atoms with Crippen molar-refractivity contribution in [3.63, 3.8) is 0 Å². The molecule has 0 unspecified atom stereocenters. The molecule has 0 fully saturated rings. The largest absolute Gasteiger partial charge is 0.352 e. The molecule has 2 rings (SSSR count). The molecule has 0 saturated carbocycles. The minimum atomic E-state index is -0.181. The van der Waals surface area contributed by atoms with Gasteiger partial charge in [0.1, 0.15) is 5.69 Å². The number of benzene rings is 1. The molecule has 2 amide bonds.